The van der Waals surface area contributed by atoms with Gasteiger partial charge in [-0.25, -0.2) is 4.98 Å². The molecule has 0 spiro atoms. The number of aromatic nitrogens is 3. The minimum atomic E-state index is -0.250. The molecule has 0 saturated carbocycles. The van der Waals surface area contributed by atoms with Gasteiger partial charge in [-0.3, -0.25) is 10.1 Å². The second-order valence-corrected chi connectivity index (χ2v) is 11.8. The summed E-state index contributed by atoms with van der Waals surface area (Å²) in [6.45, 7) is 8.95. The normalized spacial score (nSPS) is 16.8. The van der Waals surface area contributed by atoms with Crippen molar-refractivity contribution < 1.29 is 4.79 Å². The van der Waals surface area contributed by atoms with Gasteiger partial charge in [-0.15, -0.1) is 21.5 Å². The fourth-order valence-corrected chi connectivity index (χ4v) is 6.33. The van der Waals surface area contributed by atoms with E-state index >= 15 is 0 Å². The van der Waals surface area contributed by atoms with Crippen LogP contribution in [0.5, 0.6) is 0 Å². The maximum absolute atomic E-state index is 12.8. The van der Waals surface area contributed by atoms with Gasteiger partial charge in [0.25, 0.3) is 5.91 Å². The predicted molar refractivity (Wildman–Crippen MR) is 123 cm³/mol. The Balaban J connectivity index is 1.61. The molecule has 6 nitrogen and oxygen atoms in total. The van der Waals surface area contributed by atoms with Crippen LogP contribution in [0.2, 0.25) is 0 Å². The van der Waals surface area contributed by atoms with Crippen molar-refractivity contribution in [3.8, 4) is 0 Å². The lowest BCUT2D eigenvalue weighted by Gasteiger charge is -2.34. The zero-order chi connectivity index (χ0) is 20.8. The Hall–Kier alpha value is -1.71. The van der Waals surface area contributed by atoms with E-state index in [0.29, 0.717) is 21.6 Å². The zero-order valence-corrected chi connectivity index (χ0v) is 19.5. The Morgan fingerprint density at radius 1 is 1.34 bits per heavy atom. The molecule has 0 aliphatic heterocycles. The van der Waals surface area contributed by atoms with Crippen molar-refractivity contribution in [2.24, 2.45) is 11.3 Å². The molecule has 4 rings (SSSR count). The molecule has 1 atom stereocenters. The zero-order valence-electron chi connectivity index (χ0n) is 17.0. The molecule has 1 unspecified atom stereocenters. The van der Waals surface area contributed by atoms with Gasteiger partial charge < -0.3 is 5.73 Å². The lowest BCUT2D eigenvalue weighted by molar-refractivity contribution is 0.103. The summed E-state index contributed by atoms with van der Waals surface area (Å²) >= 11 is 4.33. The first-order valence-electron chi connectivity index (χ1n) is 9.74. The van der Waals surface area contributed by atoms with Crippen molar-refractivity contribution in [1.82, 2.24) is 15.2 Å². The molecular weight excluding hydrogens is 422 g/mol. The van der Waals surface area contributed by atoms with Crippen molar-refractivity contribution in [2.45, 2.75) is 51.3 Å². The Morgan fingerprint density at radius 2 is 2.14 bits per heavy atom. The average Bonchev–Trinajstić information content (AvgIpc) is 3.23. The van der Waals surface area contributed by atoms with E-state index in [2.05, 4.69) is 49.3 Å². The molecule has 1 aliphatic rings. The predicted octanol–water partition coefficient (Wildman–Crippen LogP) is 5.25. The molecule has 1 amide bonds. The number of rotatable bonds is 4. The number of aryl methyl sites for hydroxylation is 1. The van der Waals surface area contributed by atoms with E-state index in [0.717, 1.165) is 45.3 Å². The van der Waals surface area contributed by atoms with Crippen LogP contribution in [0.25, 0.3) is 10.2 Å². The fourth-order valence-electron chi connectivity index (χ4n) is 3.69. The number of nitrogen functional groups attached to an aromatic ring is 1. The summed E-state index contributed by atoms with van der Waals surface area (Å²) in [5, 5.41) is 12.3. The maximum Gasteiger partial charge on any atom is 0.269 e. The molecule has 9 heteroatoms. The molecule has 29 heavy (non-hydrogen) atoms. The van der Waals surface area contributed by atoms with E-state index in [4.69, 9.17) is 10.7 Å². The minimum Gasteiger partial charge on any atom is -0.397 e. The Morgan fingerprint density at radius 3 is 2.86 bits per heavy atom. The Kier molecular flexibility index (Phi) is 5.56. The van der Waals surface area contributed by atoms with Gasteiger partial charge in [0.2, 0.25) is 5.13 Å². The summed E-state index contributed by atoms with van der Waals surface area (Å²) in [5.41, 5.74) is 9.57. The number of amides is 1. The Labute approximate surface area is 182 Å². The summed E-state index contributed by atoms with van der Waals surface area (Å²) < 4.78 is 0.842. The second-order valence-electron chi connectivity index (χ2n) is 8.36. The second kappa shape index (κ2) is 7.85. The van der Waals surface area contributed by atoms with Gasteiger partial charge in [0.1, 0.15) is 9.71 Å². The van der Waals surface area contributed by atoms with Crippen LogP contribution >= 0.6 is 34.4 Å². The van der Waals surface area contributed by atoms with Gasteiger partial charge >= 0.3 is 0 Å². The molecule has 0 radical (unpaired) electrons. The lowest BCUT2D eigenvalue weighted by Crippen LogP contribution is -2.27. The molecule has 154 valence electrons. The first-order valence-corrected chi connectivity index (χ1v) is 12.4. The van der Waals surface area contributed by atoms with Crippen LogP contribution in [0.4, 0.5) is 10.8 Å². The number of anilines is 2. The van der Waals surface area contributed by atoms with E-state index in [-0.39, 0.29) is 11.3 Å². The summed E-state index contributed by atoms with van der Waals surface area (Å²) in [6.07, 6.45) is 3.15. The van der Waals surface area contributed by atoms with E-state index in [9.17, 15) is 4.79 Å². The van der Waals surface area contributed by atoms with E-state index in [1.807, 2.05) is 0 Å². The molecule has 3 N–H and O–H groups in total. The van der Waals surface area contributed by atoms with Crippen LogP contribution in [-0.4, -0.2) is 26.8 Å². The third kappa shape index (κ3) is 4.13. The van der Waals surface area contributed by atoms with Gasteiger partial charge in [0.05, 0.1) is 5.69 Å². The van der Waals surface area contributed by atoms with Crippen LogP contribution in [0.1, 0.15) is 55.0 Å². The van der Waals surface area contributed by atoms with E-state index < -0.39 is 0 Å². The Bertz CT molecular complexity index is 1070. The van der Waals surface area contributed by atoms with Crippen molar-refractivity contribution >= 4 is 61.4 Å². The number of fused-ring (bicyclic) bond motifs is 2. The van der Waals surface area contributed by atoms with Crippen molar-refractivity contribution in [2.75, 3.05) is 16.8 Å². The van der Waals surface area contributed by atoms with Crippen LogP contribution in [0.15, 0.2) is 10.4 Å². The fraction of sp³-hybridized carbons (Fsp3) is 0.500. The number of carbonyl (C=O) groups excluding carboxylic acids is 1. The summed E-state index contributed by atoms with van der Waals surface area (Å²) in [6, 6.07) is 2.15. The lowest BCUT2D eigenvalue weighted by atomic mass is 9.71. The standard InChI is InChI=1S/C20H25N5OS3/c1-5-27-19-25-24-18(29-19)23-16(26)15-14(21)12-9-10-8-11(20(2,3)4)6-7-13(10)22-17(12)28-15/h9,11H,5-8,21H2,1-4H3,(H,23,24,26). The van der Waals surface area contributed by atoms with Gasteiger partial charge in [-0.1, -0.05) is 50.8 Å². The van der Waals surface area contributed by atoms with Crippen molar-refractivity contribution in [3.05, 3.63) is 22.2 Å². The van der Waals surface area contributed by atoms with Gasteiger partial charge in [0.15, 0.2) is 4.34 Å². The molecular formula is C20H25N5OS3. The molecule has 0 bridgehead atoms. The molecule has 1 aliphatic carbocycles. The van der Waals surface area contributed by atoms with E-state index in [1.165, 1.54) is 28.2 Å². The molecule has 0 aromatic carbocycles. The third-order valence-electron chi connectivity index (χ3n) is 5.41. The number of nitrogens with zero attached hydrogens (tertiary/aromatic N) is 3. The number of thiophene rings is 1. The number of nitrogens with one attached hydrogen (secondary N) is 1. The van der Waals surface area contributed by atoms with Gasteiger partial charge in [-0.05, 0) is 48.0 Å². The summed E-state index contributed by atoms with van der Waals surface area (Å²) in [7, 11) is 0. The largest absolute Gasteiger partial charge is 0.397 e. The van der Waals surface area contributed by atoms with E-state index in [1.54, 1.807) is 11.8 Å². The topological polar surface area (TPSA) is 93.8 Å². The minimum absolute atomic E-state index is 0.250. The highest BCUT2D eigenvalue weighted by Gasteiger charge is 2.30. The molecule has 3 aromatic heterocycles. The van der Waals surface area contributed by atoms with Gasteiger partial charge in [0, 0.05) is 11.1 Å². The number of pyridine rings is 1. The smallest absolute Gasteiger partial charge is 0.269 e. The van der Waals surface area contributed by atoms with Crippen LogP contribution in [0.3, 0.4) is 0 Å². The summed E-state index contributed by atoms with van der Waals surface area (Å²) in [5.74, 6) is 1.29. The number of nitrogens with two attached hydrogens (primary N) is 1. The monoisotopic (exact) mass is 447 g/mol. The molecule has 0 saturated heterocycles. The SMILES string of the molecule is CCSc1nnc(NC(=O)c2sc3nc4c(cc3c2N)CC(C(C)(C)C)CC4)s1. The highest BCUT2D eigenvalue weighted by Crippen LogP contribution is 2.40. The number of carbonyl (C=O) groups is 1. The van der Waals surface area contributed by atoms with Crippen molar-refractivity contribution in [3.63, 3.8) is 0 Å². The number of hydrogen-bond donors (Lipinski definition) is 2. The average molecular weight is 448 g/mol. The van der Waals surface area contributed by atoms with Gasteiger partial charge in [-0.2, -0.15) is 0 Å². The number of hydrogen-bond acceptors (Lipinski definition) is 8. The van der Waals surface area contributed by atoms with Crippen LogP contribution in [-0.2, 0) is 12.8 Å². The third-order valence-corrected chi connectivity index (χ3v) is 8.38. The molecule has 3 heterocycles. The number of thioether (sulfide) groups is 1. The first kappa shape index (κ1) is 20.6. The highest BCUT2D eigenvalue weighted by molar-refractivity contribution is 8.01. The first-order chi connectivity index (χ1) is 13.8. The van der Waals surface area contributed by atoms with Crippen LogP contribution in [0, 0.1) is 11.3 Å². The molecule has 0 fully saturated rings. The highest BCUT2D eigenvalue weighted by atomic mass is 32.2. The summed E-state index contributed by atoms with van der Waals surface area (Å²) in [4.78, 5) is 19.0. The quantitative estimate of drug-likeness (QED) is 0.419. The van der Waals surface area contributed by atoms with Crippen LogP contribution < -0.4 is 11.1 Å². The van der Waals surface area contributed by atoms with Crippen molar-refractivity contribution in [1.29, 1.82) is 0 Å². The molecule has 3 aromatic rings. The maximum atomic E-state index is 12.8.